The van der Waals surface area contributed by atoms with Crippen LogP contribution in [0.2, 0.25) is 5.02 Å². The maximum absolute atomic E-state index is 13.2. The van der Waals surface area contributed by atoms with Crippen LogP contribution in [0.25, 0.3) is 11.1 Å². The molecule has 1 saturated heterocycles. The van der Waals surface area contributed by atoms with Gasteiger partial charge in [0.1, 0.15) is 11.4 Å². The average molecular weight is 606 g/mol. The SMILES string of the molecule is CCCCCCCCCC(=O)OC1(c2ccc(-c3cccc(Cl)c3)cc2)CCN(CCCC(=O)c2ccc(F)cc2)CC1. The zero-order valence-electron chi connectivity index (χ0n) is 25.5. The molecule has 4 rings (SSSR count). The molecule has 0 aromatic heterocycles. The van der Waals surface area contributed by atoms with E-state index in [1.807, 2.05) is 24.3 Å². The van der Waals surface area contributed by atoms with E-state index in [9.17, 15) is 14.0 Å². The highest BCUT2D eigenvalue weighted by Crippen LogP contribution is 2.38. The lowest BCUT2D eigenvalue weighted by Gasteiger charge is -2.41. The van der Waals surface area contributed by atoms with Gasteiger partial charge in [-0.2, -0.15) is 0 Å². The Morgan fingerprint density at radius 2 is 1.49 bits per heavy atom. The molecule has 3 aromatic rings. The molecule has 1 aliphatic rings. The Morgan fingerprint density at radius 3 is 2.16 bits per heavy atom. The third-order valence-electron chi connectivity index (χ3n) is 8.57. The number of unbranched alkanes of at least 4 members (excludes halogenated alkanes) is 6. The van der Waals surface area contributed by atoms with Crippen molar-refractivity contribution in [3.63, 3.8) is 0 Å². The van der Waals surface area contributed by atoms with Gasteiger partial charge in [-0.3, -0.25) is 9.59 Å². The maximum Gasteiger partial charge on any atom is 0.306 e. The van der Waals surface area contributed by atoms with Crippen LogP contribution in [-0.2, 0) is 15.1 Å². The van der Waals surface area contributed by atoms with Crippen molar-refractivity contribution in [2.45, 2.75) is 89.6 Å². The van der Waals surface area contributed by atoms with Crippen LogP contribution in [0.15, 0.2) is 72.8 Å². The number of carbonyl (C=O) groups is 2. The van der Waals surface area contributed by atoms with Crippen LogP contribution < -0.4 is 0 Å². The molecule has 1 heterocycles. The highest BCUT2D eigenvalue weighted by Gasteiger charge is 2.39. The van der Waals surface area contributed by atoms with Gasteiger partial charge in [-0.1, -0.05) is 93.4 Å². The van der Waals surface area contributed by atoms with E-state index in [2.05, 4.69) is 36.1 Å². The lowest BCUT2D eigenvalue weighted by atomic mass is 9.83. The van der Waals surface area contributed by atoms with Gasteiger partial charge in [-0.15, -0.1) is 0 Å². The van der Waals surface area contributed by atoms with Gasteiger partial charge >= 0.3 is 5.97 Å². The Bertz CT molecular complexity index is 1300. The van der Waals surface area contributed by atoms with E-state index in [0.717, 1.165) is 55.6 Å². The minimum absolute atomic E-state index is 0.0328. The first-order chi connectivity index (χ1) is 20.9. The summed E-state index contributed by atoms with van der Waals surface area (Å²) in [6.07, 6.45) is 11.1. The number of rotatable bonds is 16. The number of nitrogens with zero attached hydrogens (tertiary/aromatic N) is 1. The predicted molar refractivity (Wildman–Crippen MR) is 173 cm³/mol. The molecular formula is C37H45ClFNO3. The lowest BCUT2D eigenvalue weighted by molar-refractivity contribution is -0.167. The first-order valence-electron chi connectivity index (χ1n) is 16.0. The van der Waals surface area contributed by atoms with Crippen LogP contribution >= 0.6 is 11.6 Å². The van der Waals surface area contributed by atoms with E-state index < -0.39 is 5.60 Å². The summed E-state index contributed by atoms with van der Waals surface area (Å²) in [5, 5.41) is 0.698. The van der Waals surface area contributed by atoms with Crippen LogP contribution in [0, 0.1) is 5.82 Å². The van der Waals surface area contributed by atoms with E-state index in [1.54, 1.807) is 12.1 Å². The van der Waals surface area contributed by atoms with Gasteiger partial charge in [-0.05, 0) is 72.5 Å². The summed E-state index contributed by atoms with van der Waals surface area (Å²) < 4.78 is 19.6. The van der Waals surface area contributed by atoms with E-state index in [-0.39, 0.29) is 17.6 Å². The van der Waals surface area contributed by atoms with Crippen LogP contribution in [0.4, 0.5) is 4.39 Å². The highest BCUT2D eigenvalue weighted by molar-refractivity contribution is 6.30. The first-order valence-corrected chi connectivity index (χ1v) is 16.4. The largest absolute Gasteiger partial charge is 0.454 e. The fourth-order valence-corrected chi connectivity index (χ4v) is 6.15. The molecular weight excluding hydrogens is 561 g/mol. The number of hydrogen-bond donors (Lipinski definition) is 0. The van der Waals surface area contributed by atoms with Crippen molar-refractivity contribution in [1.82, 2.24) is 4.90 Å². The number of esters is 1. The summed E-state index contributed by atoms with van der Waals surface area (Å²) in [5.41, 5.74) is 3.03. The monoisotopic (exact) mass is 605 g/mol. The number of ether oxygens (including phenoxy) is 1. The zero-order chi connectivity index (χ0) is 30.5. The Morgan fingerprint density at radius 1 is 0.814 bits per heavy atom. The van der Waals surface area contributed by atoms with E-state index >= 15 is 0 Å². The third-order valence-corrected chi connectivity index (χ3v) is 8.81. The van der Waals surface area contributed by atoms with Crippen molar-refractivity contribution < 1.29 is 18.7 Å². The number of hydrogen-bond acceptors (Lipinski definition) is 4. The van der Waals surface area contributed by atoms with Crippen molar-refractivity contribution in [2.75, 3.05) is 19.6 Å². The van der Waals surface area contributed by atoms with E-state index in [0.29, 0.717) is 36.3 Å². The van der Waals surface area contributed by atoms with Crippen molar-refractivity contribution >= 4 is 23.4 Å². The van der Waals surface area contributed by atoms with Gasteiger partial charge in [0, 0.05) is 49.4 Å². The van der Waals surface area contributed by atoms with Gasteiger partial charge in [0.25, 0.3) is 0 Å². The molecule has 0 saturated carbocycles. The second kappa shape index (κ2) is 16.7. The smallest absolute Gasteiger partial charge is 0.306 e. The summed E-state index contributed by atoms with van der Waals surface area (Å²) in [6, 6.07) is 21.9. The summed E-state index contributed by atoms with van der Waals surface area (Å²) in [4.78, 5) is 28.0. The summed E-state index contributed by atoms with van der Waals surface area (Å²) in [5.74, 6) is -0.424. The fourth-order valence-electron chi connectivity index (χ4n) is 5.96. The molecule has 4 nitrogen and oxygen atoms in total. The van der Waals surface area contributed by atoms with Crippen LogP contribution in [0.5, 0.6) is 0 Å². The van der Waals surface area contributed by atoms with Gasteiger partial charge in [-0.25, -0.2) is 4.39 Å². The summed E-state index contributed by atoms with van der Waals surface area (Å²) in [6.45, 7) is 4.58. The molecule has 3 aromatic carbocycles. The topological polar surface area (TPSA) is 46.6 Å². The molecule has 0 atom stereocenters. The number of benzene rings is 3. The number of piperidine rings is 1. The minimum Gasteiger partial charge on any atom is -0.454 e. The van der Waals surface area contributed by atoms with Crippen LogP contribution in [0.3, 0.4) is 0 Å². The molecule has 43 heavy (non-hydrogen) atoms. The van der Waals surface area contributed by atoms with Crippen molar-refractivity contribution in [2.24, 2.45) is 0 Å². The van der Waals surface area contributed by atoms with Gasteiger partial charge < -0.3 is 9.64 Å². The van der Waals surface area contributed by atoms with Gasteiger partial charge in [0.15, 0.2) is 5.78 Å². The molecule has 0 amide bonds. The normalized spacial score (nSPS) is 14.9. The quantitative estimate of drug-likeness (QED) is 0.0926. The zero-order valence-corrected chi connectivity index (χ0v) is 26.2. The van der Waals surface area contributed by atoms with Gasteiger partial charge in [0.05, 0.1) is 0 Å². The van der Waals surface area contributed by atoms with Crippen LogP contribution in [0.1, 0.15) is 99.9 Å². The maximum atomic E-state index is 13.2. The van der Waals surface area contributed by atoms with Gasteiger partial charge in [0.2, 0.25) is 0 Å². The number of Topliss-reactive ketones (excluding diaryl/α,β-unsaturated/α-hetero) is 1. The Hall–Kier alpha value is -3.02. The number of carbonyl (C=O) groups excluding carboxylic acids is 2. The Labute approximate surface area is 261 Å². The van der Waals surface area contributed by atoms with Crippen molar-refractivity contribution in [3.8, 4) is 11.1 Å². The molecule has 0 bridgehead atoms. The fraction of sp³-hybridized carbons (Fsp3) is 0.459. The molecule has 230 valence electrons. The second-order valence-corrected chi connectivity index (χ2v) is 12.2. The van der Waals surface area contributed by atoms with Crippen LogP contribution in [-0.4, -0.2) is 36.3 Å². The number of likely N-dealkylation sites (tertiary alicyclic amines) is 1. The molecule has 0 radical (unpaired) electrons. The number of ketones is 1. The molecule has 6 heteroatoms. The molecule has 0 spiro atoms. The molecule has 1 aliphatic heterocycles. The van der Waals surface area contributed by atoms with E-state index in [1.165, 1.54) is 44.2 Å². The second-order valence-electron chi connectivity index (χ2n) is 11.8. The van der Waals surface area contributed by atoms with Crippen molar-refractivity contribution in [3.05, 3.63) is 94.8 Å². The first kappa shape index (κ1) is 32.9. The predicted octanol–water partition coefficient (Wildman–Crippen LogP) is 9.78. The molecule has 0 aliphatic carbocycles. The molecule has 0 N–H and O–H groups in total. The Kier molecular flexibility index (Phi) is 12.8. The highest BCUT2D eigenvalue weighted by atomic mass is 35.5. The van der Waals surface area contributed by atoms with E-state index in [4.69, 9.17) is 16.3 Å². The third kappa shape index (κ3) is 10.0. The summed E-state index contributed by atoms with van der Waals surface area (Å²) >= 11 is 6.22. The molecule has 1 fully saturated rings. The average Bonchev–Trinajstić information content (AvgIpc) is 3.02. The molecule has 0 unspecified atom stereocenters. The standard InChI is InChI=1S/C37H45ClFNO3/c1-2-3-4-5-6-7-8-14-36(42)43-37(32-19-15-29(16-20-32)31-11-9-12-33(38)28-31)23-26-40(27-24-37)25-10-13-35(41)30-17-21-34(39)22-18-30/h9,11-12,15-22,28H,2-8,10,13-14,23-27H2,1H3. The summed E-state index contributed by atoms with van der Waals surface area (Å²) in [7, 11) is 0. The lowest BCUT2D eigenvalue weighted by Crippen LogP contribution is -2.45. The van der Waals surface area contributed by atoms with Crippen molar-refractivity contribution in [1.29, 1.82) is 0 Å². The minimum atomic E-state index is -0.661. The number of halogens is 2. The Balaban J connectivity index is 1.36.